The number of likely N-dealkylation sites (tertiary alicyclic amines) is 2. The summed E-state index contributed by atoms with van der Waals surface area (Å²) in [5.41, 5.74) is 14.2. The second-order valence-corrected chi connectivity index (χ2v) is 10.7. The molecule has 3 N–H and O–H groups in total. The van der Waals surface area contributed by atoms with E-state index in [1.165, 1.54) is 12.8 Å². The van der Waals surface area contributed by atoms with E-state index in [9.17, 15) is 8.78 Å². The van der Waals surface area contributed by atoms with Gasteiger partial charge in [0.05, 0.1) is 29.8 Å². The van der Waals surface area contributed by atoms with Gasteiger partial charge in [0.1, 0.15) is 0 Å². The highest BCUT2D eigenvalue weighted by Gasteiger charge is 2.37. The minimum absolute atomic E-state index is 0.0934. The highest BCUT2D eigenvalue weighted by atomic mass is 19.3. The summed E-state index contributed by atoms with van der Waals surface area (Å²) in [6, 6.07) is 11.8. The van der Waals surface area contributed by atoms with Gasteiger partial charge in [-0.1, -0.05) is 33.1 Å². The minimum atomic E-state index is -2.61. The van der Waals surface area contributed by atoms with Crippen molar-refractivity contribution in [3.05, 3.63) is 85.0 Å². The molecular weight excluding hydrogens is 518 g/mol. The quantitative estimate of drug-likeness (QED) is 0.270. The third-order valence-corrected chi connectivity index (χ3v) is 7.64. The van der Waals surface area contributed by atoms with Gasteiger partial charge >= 0.3 is 0 Å². The third-order valence-electron chi connectivity index (χ3n) is 7.64. The van der Waals surface area contributed by atoms with Gasteiger partial charge in [0, 0.05) is 67.8 Å². The lowest BCUT2D eigenvalue weighted by molar-refractivity contribution is 0.0115. The molecule has 218 valence electrons. The normalized spacial score (nSPS) is 17.0. The Labute approximate surface area is 243 Å². The van der Waals surface area contributed by atoms with Crippen molar-refractivity contribution in [2.75, 3.05) is 37.2 Å². The lowest BCUT2D eigenvalue weighted by Gasteiger charge is -2.22. The van der Waals surface area contributed by atoms with Crippen LogP contribution in [-0.2, 0) is 6.54 Å². The zero-order valence-electron chi connectivity index (χ0n) is 24.5. The summed E-state index contributed by atoms with van der Waals surface area (Å²) in [7, 11) is 0. The number of hydrogen-bond acceptors (Lipinski definition) is 6. The van der Waals surface area contributed by atoms with Gasteiger partial charge in [0.15, 0.2) is 0 Å². The Morgan fingerprint density at radius 2 is 1.78 bits per heavy atom. The zero-order valence-corrected chi connectivity index (χ0v) is 24.5. The van der Waals surface area contributed by atoms with E-state index in [2.05, 4.69) is 33.3 Å². The number of nitrogen functional groups attached to an aromatic ring is 1. The van der Waals surface area contributed by atoms with Gasteiger partial charge in [0.2, 0.25) is 0 Å². The van der Waals surface area contributed by atoms with Gasteiger partial charge in [-0.2, -0.15) is 0 Å². The Morgan fingerprint density at radius 1 is 1.02 bits per heavy atom. The van der Waals surface area contributed by atoms with Crippen LogP contribution in [0.25, 0.3) is 22.4 Å². The summed E-state index contributed by atoms with van der Waals surface area (Å²) in [4.78, 5) is 13.1. The molecule has 8 heteroatoms. The number of anilines is 2. The molecule has 3 aromatic rings. The number of hydrogen-bond donors (Lipinski definition) is 2. The lowest BCUT2D eigenvalue weighted by atomic mass is 9.95. The van der Waals surface area contributed by atoms with Crippen LogP contribution in [0.4, 0.5) is 20.2 Å². The van der Waals surface area contributed by atoms with E-state index < -0.39 is 5.92 Å². The predicted molar refractivity (Wildman–Crippen MR) is 166 cm³/mol. The van der Waals surface area contributed by atoms with Crippen LogP contribution in [0.5, 0.6) is 0 Å². The third kappa shape index (κ3) is 7.50. The van der Waals surface area contributed by atoms with Crippen molar-refractivity contribution in [1.29, 1.82) is 0 Å². The Kier molecular flexibility index (Phi) is 9.76. The molecule has 2 saturated heterocycles. The molecule has 1 unspecified atom stereocenters. The van der Waals surface area contributed by atoms with Crippen LogP contribution in [0.15, 0.2) is 68.1 Å². The summed E-state index contributed by atoms with van der Waals surface area (Å²) in [6.45, 7) is 17.3. The van der Waals surface area contributed by atoms with Crippen molar-refractivity contribution in [2.45, 2.75) is 58.5 Å². The molecule has 5 rings (SSSR count). The Morgan fingerprint density at radius 3 is 2.44 bits per heavy atom. The van der Waals surface area contributed by atoms with E-state index in [4.69, 9.17) is 5.73 Å². The van der Waals surface area contributed by atoms with Crippen molar-refractivity contribution in [1.82, 2.24) is 19.8 Å². The van der Waals surface area contributed by atoms with Crippen molar-refractivity contribution in [3.63, 3.8) is 0 Å². The van der Waals surface area contributed by atoms with Gasteiger partial charge in [-0.05, 0) is 66.8 Å². The zero-order chi connectivity index (χ0) is 29.6. The highest BCUT2D eigenvalue weighted by molar-refractivity contribution is 5.82. The average molecular weight is 561 g/mol. The Hall–Kier alpha value is -3.78. The molecule has 0 bridgehead atoms. The fourth-order valence-corrected chi connectivity index (χ4v) is 5.32. The van der Waals surface area contributed by atoms with E-state index in [1.54, 1.807) is 17.3 Å². The molecule has 4 heterocycles. The first-order chi connectivity index (χ1) is 19.7. The van der Waals surface area contributed by atoms with Gasteiger partial charge in [-0.15, -0.1) is 0 Å². The molecule has 0 amide bonds. The van der Waals surface area contributed by atoms with E-state index in [0.717, 1.165) is 58.0 Å². The van der Waals surface area contributed by atoms with E-state index in [0.29, 0.717) is 18.8 Å². The predicted octanol–water partition coefficient (Wildman–Crippen LogP) is 7.17. The second-order valence-electron chi connectivity index (χ2n) is 10.7. The first-order valence-electron chi connectivity index (χ1n) is 14.5. The van der Waals surface area contributed by atoms with Crippen LogP contribution < -0.4 is 11.1 Å². The summed E-state index contributed by atoms with van der Waals surface area (Å²) in [5, 5.41) is 3.48. The van der Waals surface area contributed by atoms with Crippen LogP contribution in [0.3, 0.4) is 0 Å². The van der Waals surface area contributed by atoms with Gasteiger partial charge in [-0.25, -0.2) is 8.78 Å². The van der Waals surface area contributed by atoms with Crippen molar-refractivity contribution >= 4 is 22.6 Å². The summed E-state index contributed by atoms with van der Waals surface area (Å²) < 4.78 is 27.2. The highest BCUT2D eigenvalue weighted by Crippen LogP contribution is 2.32. The van der Waals surface area contributed by atoms with Crippen molar-refractivity contribution < 1.29 is 8.78 Å². The van der Waals surface area contributed by atoms with Crippen LogP contribution in [0, 0.1) is 0 Å². The fourth-order valence-electron chi connectivity index (χ4n) is 5.32. The van der Waals surface area contributed by atoms with Crippen molar-refractivity contribution in [3.8, 4) is 11.1 Å². The number of nitrogens with two attached hydrogens (primary N) is 1. The largest absolute Gasteiger partial charge is 0.398 e. The molecule has 1 aromatic carbocycles. The number of nitrogens with zero attached hydrogens (tertiary/aromatic N) is 4. The van der Waals surface area contributed by atoms with Gasteiger partial charge in [-0.3, -0.25) is 14.9 Å². The lowest BCUT2D eigenvalue weighted by Crippen LogP contribution is -2.24. The van der Waals surface area contributed by atoms with E-state index in [1.807, 2.05) is 63.4 Å². The SMILES string of the molecule is C=C(c1cc(-c2cncc(CN3CCC(F)(F)C3)c2)ccc1N)C(C)Nc1ccc(C(=C)N2CCCC2)nc1.CC. The number of nitrogens with one attached hydrogen (secondary N) is 1. The van der Waals surface area contributed by atoms with Crippen LogP contribution in [0.2, 0.25) is 0 Å². The number of benzene rings is 1. The molecular formula is C33H42F2N6. The van der Waals surface area contributed by atoms with Crippen LogP contribution in [0.1, 0.15) is 56.9 Å². The number of halogens is 2. The smallest absolute Gasteiger partial charge is 0.261 e. The number of aromatic nitrogens is 2. The number of rotatable bonds is 9. The Balaban J connectivity index is 0.00000189. The maximum atomic E-state index is 13.6. The monoisotopic (exact) mass is 560 g/mol. The summed E-state index contributed by atoms with van der Waals surface area (Å²) in [6.07, 6.45) is 7.65. The van der Waals surface area contributed by atoms with Gasteiger partial charge in [0.25, 0.3) is 5.92 Å². The number of pyridine rings is 2. The van der Waals surface area contributed by atoms with E-state index >= 15 is 0 Å². The van der Waals surface area contributed by atoms with Crippen molar-refractivity contribution in [2.24, 2.45) is 0 Å². The molecule has 0 aliphatic carbocycles. The molecule has 0 saturated carbocycles. The minimum Gasteiger partial charge on any atom is -0.398 e. The first kappa shape index (κ1) is 30.2. The fraction of sp³-hybridized carbons (Fsp3) is 0.394. The summed E-state index contributed by atoms with van der Waals surface area (Å²) in [5.74, 6) is -2.61. The molecule has 2 fully saturated rings. The molecule has 0 radical (unpaired) electrons. The van der Waals surface area contributed by atoms with Crippen LogP contribution in [-0.4, -0.2) is 57.9 Å². The Bertz CT molecular complexity index is 1350. The average Bonchev–Trinajstić information content (AvgIpc) is 3.64. The number of alkyl halides is 2. The van der Waals surface area contributed by atoms with Gasteiger partial charge < -0.3 is 16.0 Å². The van der Waals surface area contributed by atoms with E-state index in [-0.39, 0.29) is 19.0 Å². The maximum Gasteiger partial charge on any atom is 0.261 e. The standard InChI is InChI=1S/C31H36F2N6.C2H6/c1-21(22(2)37-27-7-9-30(36-18-27)23(3)39-11-4-5-12-39)28-15-25(6-8-29(28)34)26-14-24(16-35-17-26)19-38-13-10-31(32,33)20-38;1-2/h6-9,14-18,22,37H,1,3-5,10-13,19-20,34H2,2H3;1-2H3. The molecule has 2 aromatic heterocycles. The van der Waals surface area contributed by atoms with Crippen LogP contribution >= 0.6 is 0 Å². The molecule has 1 atom stereocenters. The topological polar surface area (TPSA) is 70.3 Å². The second kappa shape index (κ2) is 13.3. The molecule has 2 aliphatic heterocycles. The summed E-state index contributed by atoms with van der Waals surface area (Å²) >= 11 is 0. The molecule has 0 spiro atoms. The molecule has 6 nitrogen and oxygen atoms in total. The molecule has 2 aliphatic rings. The molecule has 41 heavy (non-hydrogen) atoms. The maximum absolute atomic E-state index is 13.6. The first-order valence-corrected chi connectivity index (χ1v) is 14.5.